The SMILES string of the molecule is CCOc1ccc(C(=O)Nc2ccc(CSc3ccccc3)cc2)cc1OCC. The van der Waals surface area contributed by atoms with Gasteiger partial charge in [0.2, 0.25) is 0 Å². The van der Waals surface area contributed by atoms with Crippen LogP contribution in [-0.4, -0.2) is 19.1 Å². The van der Waals surface area contributed by atoms with Crippen LogP contribution in [0.1, 0.15) is 29.8 Å². The molecule has 0 aromatic heterocycles. The largest absolute Gasteiger partial charge is 0.490 e. The number of hydrogen-bond donors (Lipinski definition) is 1. The molecule has 29 heavy (non-hydrogen) atoms. The van der Waals surface area contributed by atoms with E-state index in [1.165, 1.54) is 10.5 Å². The summed E-state index contributed by atoms with van der Waals surface area (Å²) in [5.74, 6) is 1.93. The van der Waals surface area contributed by atoms with E-state index in [0.717, 1.165) is 11.4 Å². The van der Waals surface area contributed by atoms with Crippen LogP contribution in [0.3, 0.4) is 0 Å². The van der Waals surface area contributed by atoms with Gasteiger partial charge in [-0.1, -0.05) is 30.3 Å². The average Bonchev–Trinajstić information content (AvgIpc) is 2.75. The summed E-state index contributed by atoms with van der Waals surface area (Å²) in [5.41, 5.74) is 2.49. The van der Waals surface area contributed by atoms with Gasteiger partial charge in [0.15, 0.2) is 11.5 Å². The third kappa shape index (κ3) is 6.03. The van der Waals surface area contributed by atoms with Crippen molar-refractivity contribution < 1.29 is 14.3 Å². The summed E-state index contributed by atoms with van der Waals surface area (Å²) >= 11 is 1.79. The van der Waals surface area contributed by atoms with Gasteiger partial charge in [0.25, 0.3) is 5.91 Å². The number of amides is 1. The number of ether oxygens (including phenoxy) is 2. The minimum atomic E-state index is -0.180. The van der Waals surface area contributed by atoms with Crippen LogP contribution in [-0.2, 0) is 5.75 Å². The molecular weight excluding hydrogens is 382 g/mol. The fraction of sp³-hybridized carbons (Fsp3) is 0.208. The smallest absolute Gasteiger partial charge is 0.255 e. The summed E-state index contributed by atoms with van der Waals surface area (Å²) in [6.07, 6.45) is 0. The van der Waals surface area contributed by atoms with Crippen LogP contribution >= 0.6 is 11.8 Å². The standard InChI is InChI=1S/C24H25NO3S/c1-3-27-22-15-12-19(16-23(22)28-4-2)24(26)25-20-13-10-18(11-14-20)17-29-21-8-6-5-7-9-21/h5-16H,3-4,17H2,1-2H3,(H,25,26). The van der Waals surface area contributed by atoms with Crippen molar-refractivity contribution in [2.75, 3.05) is 18.5 Å². The number of nitrogens with one attached hydrogen (secondary N) is 1. The molecule has 0 fully saturated rings. The zero-order valence-electron chi connectivity index (χ0n) is 16.7. The Morgan fingerprint density at radius 2 is 1.55 bits per heavy atom. The molecule has 3 aromatic carbocycles. The van der Waals surface area contributed by atoms with Gasteiger partial charge in [0, 0.05) is 21.9 Å². The third-order valence-corrected chi connectivity index (χ3v) is 5.25. The maximum absolute atomic E-state index is 12.6. The first-order valence-electron chi connectivity index (χ1n) is 9.67. The summed E-state index contributed by atoms with van der Waals surface area (Å²) in [6, 6.07) is 23.5. The lowest BCUT2D eigenvalue weighted by molar-refractivity contribution is 0.102. The van der Waals surface area contributed by atoms with Crippen molar-refractivity contribution in [1.29, 1.82) is 0 Å². The molecule has 0 spiro atoms. The van der Waals surface area contributed by atoms with Gasteiger partial charge < -0.3 is 14.8 Å². The van der Waals surface area contributed by atoms with Gasteiger partial charge in [0.05, 0.1) is 13.2 Å². The summed E-state index contributed by atoms with van der Waals surface area (Å²) < 4.78 is 11.2. The van der Waals surface area contributed by atoms with Gasteiger partial charge in [0.1, 0.15) is 0 Å². The predicted molar refractivity (Wildman–Crippen MR) is 119 cm³/mol. The quantitative estimate of drug-likeness (QED) is 0.440. The van der Waals surface area contributed by atoms with Gasteiger partial charge in [-0.05, 0) is 61.9 Å². The number of carbonyl (C=O) groups is 1. The molecule has 1 amide bonds. The molecule has 0 radical (unpaired) electrons. The van der Waals surface area contributed by atoms with E-state index in [4.69, 9.17) is 9.47 Å². The Morgan fingerprint density at radius 3 is 2.24 bits per heavy atom. The van der Waals surface area contributed by atoms with Crippen molar-refractivity contribution in [1.82, 2.24) is 0 Å². The Morgan fingerprint density at radius 1 is 0.862 bits per heavy atom. The summed E-state index contributed by atoms with van der Waals surface area (Å²) in [5, 5.41) is 2.94. The summed E-state index contributed by atoms with van der Waals surface area (Å²) in [7, 11) is 0. The second-order valence-electron chi connectivity index (χ2n) is 6.28. The molecule has 150 valence electrons. The molecule has 0 saturated carbocycles. The van der Waals surface area contributed by atoms with E-state index in [-0.39, 0.29) is 5.91 Å². The molecule has 0 bridgehead atoms. The molecule has 0 aliphatic carbocycles. The molecule has 0 saturated heterocycles. The number of carbonyl (C=O) groups excluding carboxylic acids is 1. The van der Waals surface area contributed by atoms with E-state index in [9.17, 15) is 4.79 Å². The average molecular weight is 408 g/mol. The zero-order chi connectivity index (χ0) is 20.5. The molecule has 1 N–H and O–H groups in total. The van der Waals surface area contributed by atoms with E-state index in [1.807, 2.05) is 56.3 Å². The fourth-order valence-electron chi connectivity index (χ4n) is 2.76. The first-order chi connectivity index (χ1) is 14.2. The maximum Gasteiger partial charge on any atom is 0.255 e. The lowest BCUT2D eigenvalue weighted by Crippen LogP contribution is -2.12. The molecular formula is C24H25NO3S. The monoisotopic (exact) mass is 407 g/mol. The molecule has 3 rings (SSSR count). The van der Waals surface area contributed by atoms with Crippen LogP contribution in [0, 0.1) is 0 Å². The molecule has 0 heterocycles. The van der Waals surface area contributed by atoms with Gasteiger partial charge in [-0.15, -0.1) is 11.8 Å². The molecule has 0 aliphatic heterocycles. The van der Waals surface area contributed by atoms with Crippen molar-refractivity contribution >= 4 is 23.4 Å². The van der Waals surface area contributed by atoms with Crippen LogP contribution in [0.25, 0.3) is 0 Å². The highest BCUT2D eigenvalue weighted by Gasteiger charge is 2.12. The van der Waals surface area contributed by atoms with E-state index in [0.29, 0.717) is 30.3 Å². The van der Waals surface area contributed by atoms with Crippen molar-refractivity contribution in [3.63, 3.8) is 0 Å². The second-order valence-corrected chi connectivity index (χ2v) is 7.33. The minimum Gasteiger partial charge on any atom is -0.490 e. The van der Waals surface area contributed by atoms with Crippen molar-refractivity contribution in [3.05, 3.63) is 83.9 Å². The van der Waals surface area contributed by atoms with Gasteiger partial charge in [-0.3, -0.25) is 4.79 Å². The first-order valence-corrected chi connectivity index (χ1v) is 10.7. The van der Waals surface area contributed by atoms with E-state index in [2.05, 4.69) is 17.4 Å². The highest BCUT2D eigenvalue weighted by atomic mass is 32.2. The Bertz CT molecular complexity index is 927. The number of rotatable bonds is 9. The Labute approximate surface area is 176 Å². The van der Waals surface area contributed by atoms with E-state index < -0.39 is 0 Å². The van der Waals surface area contributed by atoms with Crippen molar-refractivity contribution in [2.45, 2.75) is 24.5 Å². The van der Waals surface area contributed by atoms with E-state index in [1.54, 1.807) is 30.0 Å². The molecule has 3 aromatic rings. The maximum atomic E-state index is 12.6. The van der Waals surface area contributed by atoms with Crippen LogP contribution in [0.5, 0.6) is 11.5 Å². The molecule has 4 nitrogen and oxygen atoms in total. The summed E-state index contributed by atoms with van der Waals surface area (Å²) in [6.45, 7) is 4.87. The Kier molecular flexibility index (Phi) is 7.59. The lowest BCUT2D eigenvalue weighted by Gasteiger charge is -2.12. The molecule has 0 aliphatic rings. The minimum absolute atomic E-state index is 0.180. The Hall–Kier alpha value is -2.92. The first kappa shape index (κ1) is 20.8. The normalized spacial score (nSPS) is 10.4. The highest BCUT2D eigenvalue weighted by molar-refractivity contribution is 7.98. The molecule has 0 unspecified atom stereocenters. The highest BCUT2D eigenvalue weighted by Crippen LogP contribution is 2.29. The van der Waals surface area contributed by atoms with Crippen LogP contribution in [0.2, 0.25) is 0 Å². The van der Waals surface area contributed by atoms with Crippen molar-refractivity contribution in [3.8, 4) is 11.5 Å². The van der Waals surface area contributed by atoms with Gasteiger partial charge in [-0.25, -0.2) is 0 Å². The number of hydrogen-bond acceptors (Lipinski definition) is 4. The fourth-order valence-corrected chi connectivity index (χ4v) is 3.64. The van der Waals surface area contributed by atoms with Crippen LogP contribution in [0.4, 0.5) is 5.69 Å². The second kappa shape index (κ2) is 10.6. The third-order valence-electron chi connectivity index (χ3n) is 4.17. The lowest BCUT2D eigenvalue weighted by atomic mass is 10.1. The number of anilines is 1. The zero-order valence-corrected chi connectivity index (χ0v) is 17.5. The van der Waals surface area contributed by atoms with Crippen LogP contribution < -0.4 is 14.8 Å². The van der Waals surface area contributed by atoms with E-state index >= 15 is 0 Å². The predicted octanol–water partition coefficient (Wildman–Crippen LogP) is 6.03. The Balaban J connectivity index is 1.62. The number of benzene rings is 3. The van der Waals surface area contributed by atoms with Crippen molar-refractivity contribution in [2.24, 2.45) is 0 Å². The summed E-state index contributed by atoms with van der Waals surface area (Å²) in [4.78, 5) is 13.9. The molecule has 5 heteroatoms. The van der Waals surface area contributed by atoms with Gasteiger partial charge in [-0.2, -0.15) is 0 Å². The number of thioether (sulfide) groups is 1. The van der Waals surface area contributed by atoms with Crippen LogP contribution in [0.15, 0.2) is 77.7 Å². The van der Waals surface area contributed by atoms with Gasteiger partial charge >= 0.3 is 0 Å². The topological polar surface area (TPSA) is 47.6 Å². The molecule has 0 atom stereocenters.